The molecule has 6 heteroatoms. The van der Waals surface area contributed by atoms with Crippen LogP contribution in [0.2, 0.25) is 0 Å². The van der Waals surface area contributed by atoms with Gasteiger partial charge in [0.25, 0.3) is 0 Å². The Kier molecular flexibility index (Phi) is 16.7. The van der Waals surface area contributed by atoms with Crippen molar-refractivity contribution in [2.75, 3.05) is 0 Å². The topological polar surface area (TPSA) is 80.3 Å². The molecule has 0 radical (unpaired) electrons. The zero-order valence-corrected chi connectivity index (χ0v) is 19.3. The molecular formula is C16H28Na2O4. The Morgan fingerprint density at radius 1 is 0.773 bits per heavy atom. The summed E-state index contributed by atoms with van der Waals surface area (Å²) in [5.41, 5.74) is -2.83. The largest absolute Gasteiger partial charge is 1.00 e. The summed E-state index contributed by atoms with van der Waals surface area (Å²) >= 11 is 0. The van der Waals surface area contributed by atoms with Gasteiger partial charge in [-0.1, -0.05) is 72.6 Å². The molecule has 0 heterocycles. The van der Waals surface area contributed by atoms with Crippen LogP contribution in [0.3, 0.4) is 0 Å². The van der Waals surface area contributed by atoms with Crippen LogP contribution in [0.4, 0.5) is 0 Å². The molecule has 0 bridgehead atoms. The molecule has 22 heavy (non-hydrogen) atoms. The molecule has 0 aliphatic rings. The number of rotatable bonds is 10. The van der Waals surface area contributed by atoms with Crippen LogP contribution >= 0.6 is 0 Å². The fraction of sp³-hybridized carbons (Fsp3) is 0.875. The van der Waals surface area contributed by atoms with E-state index in [0.717, 1.165) is 19.3 Å². The molecule has 0 saturated heterocycles. The summed E-state index contributed by atoms with van der Waals surface area (Å²) in [6.45, 7) is 6.98. The van der Waals surface area contributed by atoms with Crippen LogP contribution in [0.1, 0.15) is 79.1 Å². The predicted molar refractivity (Wildman–Crippen MR) is 74.5 cm³/mol. The van der Waals surface area contributed by atoms with Crippen molar-refractivity contribution in [3.05, 3.63) is 0 Å². The fourth-order valence-corrected chi connectivity index (χ4v) is 2.62. The fourth-order valence-electron chi connectivity index (χ4n) is 2.62. The summed E-state index contributed by atoms with van der Waals surface area (Å²) in [6.07, 6.45) is 7.21. The Bertz CT molecular complexity index is 311. The first-order chi connectivity index (χ1) is 9.20. The van der Waals surface area contributed by atoms with Crippen LogP contribution in [-0.2, 0) is 9.59 Å². The van der Waals surface area contributed by atoms with Crippen LogP contribution in [0.15, 0.2) is 0 Å². The zero-order chi connectivity index (χ0) is 15.8. The van der Waals surface area contributed by atoms with Gasteiger partial charge in [0, 0.05) is 0 Å². The summed E-state index contributed by atoms with van der Waals surface area (Å²) in [4.78, 5) is 22.8. The van der Waals surface area contributed by atoms with Crippen molar-refractivity contribution < 1.29 is 78.9 Å². The average molecular weight is 330 g/mol. The predicted octanol–water partition coefficient (Wildman–Crippen LogP) is -4.33. The van der Waals surface area contributed by atoms with Crippen molar-refractivity contribution in [2.45, 2.75) is 79.1 Å². The van der Waals surface area contributed by atoms with E-state index in [0.29, 0.717) is 6.42 Å². The first-order valence-corrected chi connectivity index (χ1v) is 7.63. The van der Waals surface area contributed by atoms with Crippen LogP contribution in [-0.4, -0.2) is 11.9 Å². The molecule has 118 valence electrons. The molecule has 0 fully saturated rings. The molecule has 0 amide bonds. The van der Waals surface area contributed by atoms with Crippen molar-refractivity contribution in [3.63, 3.8) is 0 Å². The molecule has 0 aliphatic heterocycles. The molecule has 0 aromatic carbocycles. The number of hydrogen-bond acceptors (Lipinski definition) is 4. The second-order valence-corrected chi connectivity index (χ2v) is 6.60. The molecule has 0 aromatic heterocycles. The number of carbonyl (C=O) groups is 2. The number of hydrogen-bond donors (Lipinski definition) is 0. The van der Waals surface area contributed by atoms with E-state index in [4.69, 9.17) is 0 Å². The standard InChI is InChI=1S/C16H30O4.2Na/c1-5-6-7-8-9-10-11-12-16(13(17)18,14(19)20)15(2,3)4;;/h5-12H2,1-4H3,(H,17,18)(H,19,20);;/q;2*+1/p-2. The zero-order valence-electron chi connectivity index (χ0n) is 15.3. The van der Waals surface area contributed by atoms with Crippen LogP contribution in [0, 0.1) is 10.8 Å². The molecule has 0 aliphatic carbocycles. The molecule has 0 rings (SSSR count). The SMILES string of the molecule is CCCCCCCCCC(C(=O)[O-])(C(=O)[O-])C(C)(C)C.[Na+].[Na+]. The van der Waals surface area contributed by atoms with E-state index in [1.54, 1.807) is 20.8 Å². The van der Waals surface area contributed by atoms with E-state index in [1.165, 1.54) is 19.3 Å². The number of carboxylic acids is 2. The number of carboxylic acid groups (broad SMARTS) is 2. The first-order valence-electron chi connectivity index (χ1n) is 7.63. The molecule has 0 saturated carbocycles. The molecule has 0 unspecified atom stereocenters. The average Bonchev–Trinajstić information content (AvgIpc) is 2.30. The van der Waals surface area contributed by atoms with Gasteiger partial charge in [0.05, 0.1) is 17.4 Å². The smallest absolute Gasteiger partial charge is 0.549 e. The van der Waals surface area contributed by atoms with Gasteiger partial charge >= 0.3 is 59.1 Å². The summed E-state index contributed by atoms with van der Waals surface area (Å²) in [5.74, 6) is -3.06. The van der Waals surface area contributed by atoms with Crippen molar-refractivity contribution in [1.29, 1.82) is 0 Å². The number of carbonyl (C=O) groups excluding carboxylic acids is 2. The number of aliphatic carboxylic acids is 2. The molecule has 0 aromatic rings. The minimum Gasteiger partial charge on any atom is -0.549 e. The monoisotopic (exact) mass is 330 g/mol. The van der Waals surface area contributed by atoms with E-state index >= 15 is 0 Å². The van der Waals surface area contributed by atoms with E-state index in [9.17, 15) is 19.8 Å². The van der Waals surface area contributed by atoms with E-state index < -0.39 is 22.8 Å². The van der Waals surface area contributed by atoms with Crippen LogP contribution in [0.5, 0.6) is 0 Å². The minimum absolute atomic E-state index is 0. The van der Waals surface area contributed by atoms with Gasteiger partial charge in [-0.3, -0.25) is 0 Å². The van der Waals surface area contributed by atoms with Gasteiger partial charge < -0.3 is 19.8 Å². The van der Waals surface area contributed by atoms with Gasteiger partial charge in [-0.15, -0.1) is 0 Å². The third-order valence-electron chi connectivity index (χ3n) is 4.13. The summed E-state index contributed by atoms with van der Waals surface area (Å²) in [6, 6.07) is 0. The van der Waals surface area contributed by atoms with Crippen molar-refractivity contribution in [1.82, 2.24) is 0 Å². The molecular weight excluding hydrogens is 302 g/mol. The maximum absolute atomic E-state index is 11.4. The Hall–Kier alpha value is 0.940. The second-order valence-electron chi connectivity index (χ2n) is 6.60. The van der Waals surface area contributed by atoms with Gasteiger partial charge in [-0.05, 0) is 11.8 Å². The Morgan fingerprint density at radius 2 is 1.14 bits per heavy atom. The van der Waals surface area contributed by atoms with Gasteiger partial charge in [-0.2, -0.15) is 0 Å². The van der Waals surface area contributed by atoms with Crippen molar-refractivity contribution in [3.8, 4) is 0 Å². The van der Waals surface area contributed by atoms with Crippen LogP contribution < -0.4 is 69.3 Å². The van der Waals surface area contributed by atoms with Gasteiger partial charge in [-0.25, -0.2) is 0 Å². The minimum atomic E-state index is -1.91. The third-order valence-corrected chi connectivity index (χ3v) is 4.13. The van der Waals surface area contributed by atoms with E-state index in [2.05, 4.69) is 6.92 Å². The summed E-state index contributed by atoms with van der Waals surface area (Å²) < 4.78 is 0. The number of unbranched alkanes of at least 4 members (excludes halogenated alkanes) is 6. The Morgan fingerprint density at radius 3 is 1.45 bits per heavy atom. The van der Waals surface area contributed by atoms with Crippen molar-refractivity contribution in [2.24, 2.45) is 10.8 Å². The Balaban J connectivity index is -0.00000180. The normalized spacial score (nSPS) is 11.3. The Labute approximate surface area is 179 Å². The first kappa shape index (κ1) is 27.8. The van der Waals surface area contributed by atoms with Gasteiger partial charge in [0.1, 0.15) is 0 Å². The van der Waals surface area contributed by atoms with Crippen molar-refractivity contribution >= 4 is 11.9 Å². The molecule has 0 spiro atoms. The van der Waals surface area contributed by atoms with Gasteiger partial charge in [0.15, 0.2) is 0 Å². The van der Waals surface area contributed by atoms with Gasteiger partial charge in [0.2, 0.25) is 0 Å². The van der Waals surface area contributed by atoms with Crippen LogP contribution in [0.25, 0.3) is 0 Å². The molecule has 0 atom stereocenters. The maximum Gasteiger partial charge on any atom is 1.00 e. The quantitative estimate of drug-likeness (QED) is 0.230. The molecule has 0 N–H and O–H groups in total. The van der Waals surface area contributed by atoms with E-state index in [-0.39, 0.29) is 65.5 Å². The summed E-state index contributed by atoms with van der Waals surface area (Å²) in [5, 5.41) is 22.8. The third kappa shape index (κ3) is 8.16. The summed E-state index contributed by atoms with van der Waals surface area (Å²) in [7, 11) is 0. The maximum atomic E-state index is 11.4. The second kappa shape index (κ2) is 13.3. The molecule has 4 nitrogen and oxygen atoms in total. The van der Waals surface area contributed by atoms with E-state index in [1.807, 2.05) is 0 Å².